The quantitative estimate of drug-likeness (QED) is 0.501. The van der Waals surface area contributed by atoms with Gasteiger partial charge in [0.15, 0.2) is 5.82 Å². The van der Waals surface area contributed by atoms with Crippen molar-refractivity contribution in [2.24, 2.45) is 0 Å². The summed E-state index contributed by atoms with van der Waals surface area (Å²) in [5.41, 5.74) is -0.510. The molecule has 0 saturated heterocycles. The Morgan fingerprint density at radius 1 is 1.13 bits per heavy atom. The lowest BCUT2D eigenvalue weighted by Gasteiger charge is -2.11. The molecule has 0 radical (unpaired) electrons. The van der Waals surface area contributed by atoms with Crippen LogP contribution in [0.3, 0.4) is 0 Å². The van der Waals surface area contributed by atoms with Crippen LogP contribution < -0.4 is 10.4 Å². The van der Waals surface area contributed by atoms with Crippen molar-refractivity contribution in [1.29, 1.82) is 0 Å². The SMILES string of the molecule is COc1cc(-c2nc3c(C)cc(C(F)(F)F)cc3c(=O)o2)n(-c2ncccc2C)n1. The summed E-state index contributed by atoms with van der Waals surface area (Å²) in [4.78, 5) is 21.2. The number of nitrogens with zero attached hydrogens (tertiary/aromatic N) is 4. The molecule has 0 aliphatic carbocycles. The van der Waals surface area contributed by atoms with Crippen molar-refractivity contribution in [1.82, 2.24) is 19.7 Å². The molecule has 0 amide bonds. The Bertz CT molecular complexity index is 1330. The molecule has 3 aromatic heterocycles. The van der Waals surface area contributed by atoms with Crippen molar-refractivity contribution in [3.63, 3.8) is 0 Å². The Hall–Kier alpha value is -3.69. The Labute approximate surface area is 167 Å². The van der Waals surface area contributed by atoms with E-state index in [0.717, 1.165) is 17.7 Å². The van der Waals surface area contributed by atoms with Crippen molar-refractivity contribution >= 4 is 10.9 Å². The summed E-state index contributed by atoms with van der Waals surface area (Å²) >= 11 is 0. The van der Waals surface area contributed by atoms with Crippen LogP contribution in [0.1, 0.15) is 16.7 Å². The van der Waals surface area contributed by atoms with E-state index in [1.54, 1.807) is 12.3 Å². The molecule has 0 fully saturated rings. The van der Waals surface area contributed by atoms with Gasteiger partial charge in [-0.15, -0.1) is 5.10 Å². The molecule has 0 aliphatic rings. The smallest absolute Gasteiger partial charge is 0.416 e. The fourth-order valence-electron chi connectivity index (χ4n) is 3.10. The van der Waals surface area contributed by atoms with Gasteiger partial charge in [0.2, 0.25) is 11.8 Å². The summed E-state index contributed by atoms with van der Waals surface area (Å²) in [6, 6.07) is 6.78. The van der Waals surface area contributed by atoms with Crippen LogP contribution >= 0.6 is 0 Å². The number of rotatable bonds is 3. The number of methoxy groups -OCH3 is 1. The van der Waals surface area contributed by atoms with Gasteiger partial charge in [0.25, 0.3) is 0 Å². The molecule has 30 heavy (non-hydrogen) atoms. The molecule has 0 spiro atoms. The zero-order valence-corrected chi connectivity index (χ0v) is 16.1. The average Bonchev–Trinajstić information content (AvgIpc) is 3.12. The predicted octanol–water partition coefficient (Wildman–Crippen LogP) is 4.08. The van der Waals surface area contributed by atoms with Gasteiger partial charge in [-0.1, -0.05) is 6.07 Å². The van der Waals surface area contributed by atoms with Gasteiger partial charge < -0.3 is 9.15 Å². The Morgan fingerprint density at radius 2 is 1.90 bits per heavy atom. The summed E-state index contributed by atoms with van der Waals surface area (Å²) in [7, 11) is 1.43. The number of fused-ring (bicyclic) bond motifs is 1. The lowest BCUT2D eigenvalue weighted by molar-refractivity contribution is -0.137. The largest absolute Gasteiger partial charge is 0.480 e. The number of pyridine rings is 1. The first-order valence-corrected chi connectivity index (χ1v) is 8.78. The number of hydrogen-bond donors (Lipinski definition) is 0. The van der Waals surface area contributed by atoms with Crippen molar-refractivity contribution in [2.75, 3.05) is 7.11 Å². The summed E-state index contributed by atoms with van der Waals surface area (Å²) in [6.07, 6.45) is -3.01. The second kappa shape index (κ2) is 6.97. The minimum Gasteiger partial charge on any atom is -0.480 e. The highest BCUT2D eigenvalue weighted by atomic mass is 19.4. The Balaban J connectivity index is 1.97. The van der Waals surface area contributed by atoms with Gasteiger partial charge in [0.1, 0.15) is 5.69 Å². The number of aromatic nitrogens is 4. The summed E-state index contributed by atoms with van der Waals surface area (Å²) in [5, 5.41) is 4.04. The minimum absolute atomic E-state index is 0.110. The van der Waals surface area contributed by atoms with E-state index in [0.29, 0.717) is 5.82 Å². The van der Waals surface area contributed by atoms with Crippen molar-refractivity contribution in [3.8, 4) is 23.3 Å². The third-order valence-electron chi connectivity index (χ3n) is 4.55. The molecule has 3 heterocycles. The van der Waals surface area contributed by atoms with Crippen LogP contribution in [0.25, 0.3) is 28.3 Å². The maximum atomic E-state index is 13.1. The molecule has 4 aromatic rings. The molecule has 154 valence electrons. The number of benzene rings is 1. The van der Waals surface area contributed by atoms with Gasteiger partial charge in [0.05, 0.1) is 23.6 Å². The second-order valence-electron chi connectivity index (χ2n) is 6.62. The first-order valence-electron chi connectivity index (χ1n) is 8.78. The van der Waals surface area contributed by atoms with E-state index in [-0.39, 0.29) is 33.9 Å². The van der Waals surface area contributed by atoms with E-state index in [2.05, 4.69) is 15.1 Å². The van der Waals surface area contributed by atoms with Gasteiger partial charge in [-0.25, -0.2) is 19.4 Å². The Kier molecular flexibility index (Phi) is 4.56. The molecule has 0 atom stereocenters. The number of ether oxygens (including phenoxy) is 1. The van der Waals surface area contributed by atoms with Crippen molar-refractivity contribution in [2.45, 2.75) is 20.0 Å². The molecule has 0 aliphatic heterocycles. The first kappa shape index (κ1) is 19.6. The number of aryl methyl sites for hydroxylation is 2. The molecule has 7 nitrogen and oxygen atoms in total. The standard InChI is InChI=1S/C20H15F3N4O3/c1-10-5-4-6-24-17(10)27-14(9-15(26-27)29-3)18-25-16-11(2)7-12(20(21,22)23)8-13(16)19(28)30-18/h4-9H,1-3H3. The summed E-state index contributed by atoms with van der Waals surface area (Å²) < 4.78 is 51.2. The second-order valence-corrected chi connectivity index (χ2v) is 6.62. The molecule has 0 N–H and O–H groups in total. The van der Waals surface area contributed by atoms with E-state index in [1.165, 1.54) is 24.8 Å². The van der Waals surface area contributed by atoms with Gasteiger partial charge in [-0.2, -0.15) is 13.2 Å². The third kappa shape index (κ3) is 3.30. The van der Waals surface area contributed by atoms with Crippen LogP contribution in [-0.2, 0) is 6.18 Å². The molecule has 0 unspecified atom stereocenters. The van der Waals surface area contributed by atoms with Crippen LogP contribution in [0, 0.1) is 13.8 Å². The molecule has 0 saturated carbocycles. The number of alkyl halides is 3. The summed E-state index contributed by atoms with van der Waals surface area (Å²) in [5.74, 6) is 0.574. The van der Waals surface area contributed by atoms with E-state index in [1.807, 2.05) is 13.0 Å². The molecule has 0 bridgehead atoms. The van der Waals surface area contributed by atoms with Crippen LogP contribution in [0.4, 0.5) is 13.2 Å². The van der Waals surface area contributed by atoms with E-state index >= 15 is 0 Å². The normalized spacial score (nSPS) is 11.8. The summed E-state index contributed by atoms with van der Waals surface area (Å²) in [6.45, 7) is 3.28. The number of hydrogen-bond acceptors (Lipinski definition) is 6. The van der Waals surface area contributed by atoms with Crippen molar-refractivity contribution in [3.05, 3.63) is 63.6 Å². The topological polar surface area (TPSA) is 83.0 Å². The Morgan fingerprint density at radius 3 is 2.57 bits per heavy atom. The van der Waals surface area contributed by atoms with Crippen LogP contribution in [0.5, 0.6) is 5.88 Å². The minimum atomic E-state index is -4.59. The lowest BCUT2D eigenvalue weighted by atomic mass is 10.1. The highest BCUT2D eigenvalue weighted by Gasteiger charge is 2.32. The third-order valence-corrected chi connectivity index (χ3v) is 4.55. The zero-order valence-electron chi connectivity index (χ0n) is 16.1. The van der Waals surface area contributed by atoms with Crippen molar-refractivity contribution < 1.29 is 22.3 Å². The van der Waals surface area contributed by atoms with Gasteiger partial charge >= 0.3 is 11.8 Å². The van der Waals surface area contributed by atoms with Crippen LogP contribution in [-0.4, -0.2) is 26.9 Å². The molecule has 1 aromatic carbocycles. The molecular weight excluding hydrogens is 401 g/mol. The molecule has 4 rings (SSSR count). The zero-order chi connectivity index (χ0) is 21.6. The van der Waals surface area contributed by atoms with Crippen LogP contribution in [0.2, 0.25) is 0 Å². The first-order chi connectivity index (χ1) is 14.2. The average molecular weight is 416 g/mol. The monoisotopic (exact) mass is 416 g/mol. The van der Waals surface area contributed by atoms with E-state index < -0.39 is 17.4 Å². The maximum absolute atomic E-state index is 13.1. The molecular formula is C20H15F3N4O3. The van der Waals surface area contributed by atoms with E-state index in [4.69, 9.17) is 9.15 Å². The van der Waals surface area contributed by atoms with E-state index in [9.17, 15) is 18.0 Å². The maximum Gasteiger partial charge on any atom is 0.416 e. The van der Waals surface area contributed by atoms with Gasteiger partial charge in [-0.3, -0.25) is 0 Å². The predicted molar refractivity (Wildman–Crippen MR) is 102 cm³/mol. The fourth-order valence-corrected chi connectivity index (χ4v) is 3.10. The van der Waals surface area contributed by atoms with Gasteiger partial charge in [0, 0.05) is 12.3 Å². The molecule has 10 heteroatoms. The lowest BCUT2D eigenvalue weighted by Crippen LogP contribution is -2.11. The highest BCUT2D eigenvalue weighted by Crippen LogP contribution is 2.33. The van der Waals surface area contributed by atoms with Crippen LogP contribution in [0.15, 0.2) is 45.7 Å². The highest BCUT2D eigenvalue weighted by molar-refractivity contribution is 5.82. The number of halogens is 3. The van der Waals surface area contributed by atoms with Gasteiger partial charge in [-0.05, 0) is 43.2 Å². The fraction of sp³-hybridized carbons (Fsp3) is 0.200.